The van der Waals surface area contributed by atoms with Crippen LogP contribution in [0.1, 0.15) is 40.2 Å². The SMILES string of the molecule is COC(=O)c1cc(C2CC2)cnc1Nc1cccc2c1ccn2Cc1ccccc1. The Hall–Kier alpha value is -3.60. The second-order valence-corrected chi connectivity index (χ2v) is 7.72. The Morgan fingerprint density at radius 2 is 1.97 bits per heavy atom. The molecule has 2 aromatic carbocycles. The van der Waals surface area contributed by atoms with Gasteiger partial charge in [-0.25, -0.2) is 9.78 Å². The number of anilines is 2. The van der Waals surface area contributed by atoms with E-state index in [1.807, 2.05) is 30.5 Å². The Bertz CT molecular complexity index is 1210. The molecule has 2 aromatic heterocycles. The topological polar surface area (TPSA) is 56.1 Å². The van der Waals surface area contributed by atoms with Crippen LogP contribution in [0.2, 0.25) is 0 Å². The van der Waals surface area contributed by atoms with Crippen LogP contribution in [0.4, 0.5) is 11.5 Å². The summed E-state index contributed by atoms with van der Waals surface area (Å²) in [5.41, 5.74) is 4.86. The van der Waals surface area contributed by atoms with Crippen molar-refractivity contribution in [2.45, 2.75) is 25.3 Å². The summed E-state index contributed by atoms with van der Waals surface area (Å²) < 4.78 is 7.23. The molecular weight excluding hydrogens is 374 g/mol. The Morgan fingerprint density at radius 3 is 2.73 bits per heavy atom. The Morgan fingerprint density at radius 1 is 1.13 bits per heavy atom. The van der Waals surface area contributed by atoms with Crippen molar-refractivity contribution in [1.82, 2.24) is 9.55 Å². The molecule has 2 heterocycles. The van der Waals surface area contributed by atoms with E-state index in [2.05, 4.69) is 57.5 Å². The van der Waals surface area contributed by atoms with Crippen LogP contribution >= 0.6 is 0 Å². The van der Waals surface area contributed by atoms with Crippen molar-refractivity contribution in [2.24, 2.45) is 0 Å². The van der Waals surface area contributed by atoms with E-state index in [0.717, 1.165) is 41.5 Å². The number of fused-ring (bicyclic) bond motifs is 1. The first kappa shape index (κ1) is 18.4. The number of rotatable bonds is 6. The highest BCUT2D eigenvalue weighted by atomic mass is 16.5. The van der Waals surface area contributed by atoms with Crippen LogP contribution in [-0.2, 0) is 11.3 Å². The summed E-state index contributed by atoms with van der Waals surface area (Å²) in [6.45, 7) is 0.801. The van der Waals surface area contributed by atoms with Gasteiger partial charge in [0.15, 0.2) is 0 Å². The van der Waals surface area contributed by atoms with Crippen molar-refractivity contribution in [2.75, 3.05) is 12.4 Å². The van der Waals surface area contributed by atoms with Gasteiger partial charge in [0.2, 0.25) is 0 Å². The summed E-state index contributed by atoms with van der Waals surface area (Å²) in [5, 5.41) is 4.45. The number of pyridine rings is 1. The molecule has 30 heavy (non-hydrogen) atoms. The van der Waals surface area contributed by atoms with Crippen molar-refractivity contribution < 1.29 is 9.53 Å². The number of hydrogen-bond acceptors (Lipinski definition) is 4. The number of ether oxygens (including phenoxy) is 1. The molecule has 5 rings (SSSR count). The zero-order valence-corrected chi connectivity index (χ0v) is 16.8. The molecule has 0 bridgehead atoms. The van der Waals surface area contributed by atoms with Crippen LogP contribution < -0.4 is 5.32 Å². The predicted octanol–water partition coefficient (Wildman–Crippen LogP) is 5.49. The first-order chi connectivity index (χ1) is 14.7. The summed E-state index contributed by atoms with van der Waals surface area (Å²) in [4.78, 5) is 17.0. The first-order valence-electron chi connectivity index (χ1n) is 10.2. The van der Waals surface area contributed by atoms with Gasteiger partial charge in [-0.2, -0.15) is 0 Å². The maximum absolute atomic E-state index is 12.4. The predicted molar refractivity (Wildman–Crippen MR) is 118 cm³/mol. The molecule has 1 aliphatic rings. The summed E-state index contributed by atoms with van der Waals surface area (Å²) in [6.07, 6.45) is 6.27. The van der Waals surface area contributed by atoms with Gasteiger partial charge >= 0.3 is 5.97 Å². The summed E-state index contributed by atoms with van der Waals surface area (Å²) in [5.74, 6) is 0.668. The Balaban J connectivity index is 1.49. The third-order valence-electron chi connectivity index (χ3n) is 5.63. The zero-order valence-electron chi connectivity index (χ0n) is 16.8. The van der Waals surface area contributed by atoms with Gasteiger partial charge in [0.25, 0.3) is 0 Å². The number of benzene rings is 2. The van der Waals surface area contributed by atoms with Gasteiger partial charge in [-0.3, -0.25) is 0 Å². The molecule has 1 saturated carbocycles. The minimum Gasteiger partial charge on any atom is -0.465 e. The van der Waals surface area contributed by atoms with E-state index in [-0.39, 0.29) is 5.97 Å². The second kappa shape index (κ2) is 7.67. The number of carbonyl (C=O) groups is 1. The minimum absolute atomic E-state index is 0.374. The fourth-order valence-electron chi connectivity index (χ4n) is 3.86. The molecule has 4 aromatic rings. The molecule has 0 aliphatic heterocycles. The fourth-order valence-corrected chi connectivity index (χ4v) is 3.86. The number of nitrogens with one attached hydrogen (secondary N) is 1. The van der Waals surface area contributed by atoms with E-state index < -0.39 is 0 Å². The van der Waals surface area contributed by atoms with E-state index in [9.17, 15) is 4.79 Å². The lowest BCUT2D eigenvalue weighted by Crippen LogP contribution is -2.08. The van der Waals surface area contributed by atoms with Gasteiger partial charge in [-0.15, -0.1) is 0 Å². The lowest BCUT2D eigenvalue weighted by molar-refractivity contribution is 0.0601. The number of carbonyl (C=O) groups excluding carboxylic acids is 1. The van der Waals surface area contributed by atoms with Gasteiger partial charge in [0.1, 0.15) is 11.4 Å². The van der Waals surface area contributed by atoms with E-state index in [0.29, 0.717) is 17.3 Å². The third-order valence-corrected chi connectivity index (χ3v) is 5.63. The number of nitrogens with zero attached hydrogens (tertiary/aromatic N) is 2. The summed E-state index contributed by atoms with van der Waals surface area (Å²) >= 11 is 0. The molecule has 150 valence electrons. The van der Waals surface area contributed by atoms with Gasteiger partial charge < -0.3 is 14.6 Å². The smallest absolute Gasteiger partial charge is 0.341 e. The van der Waals surface area contributed by atoms with Crippen LogP contribution in [0.25, 0.3) is 10.9 Å². The standard InChI is InChI=1S/C25H23N3O2/c1-30-25(29)21-14-19(18-10-11-18)15-26-24(21)27-22-8-5-9-23-20(22)12-13-28(23)16-17-6-3-2-4-7-17/h2-9,12-15,18H,10-11,16H2,1H3,(H,26,27). The summed E-state index contributed by atoms with van der Waals surface area (Å²) in [7, 11) is 1.40. The molecule has 0 radical (unpaired) electrons. The highest BCUT2D eigenvalue weighted by Gasteiger charge is 2.26. The number of hydrogen-bond donors (Lipinski definition) is 1. The van der Waals surface area contributed by atoms with Crippen molar-refractivity contribution in [3.8, 4) is 0 Å². The lowest BCUT2D eigenvalue weighted by atomic mass is 10.1. The van der Waals surface area contributed by atoms with Crippen LogP contribution in [0.15, 0.2) is 73.1 Å². The minimum atomic E-state index is -0.374. The maximum atomic E-state index is 12.4. The third kappa shape index (κ3) is 3.54. The average molecular weight is 397 g/mol. The van der Waals surface area contributed by atoms with E-state index in [1.165, 1.54) is 12.7 Å². The molecule has 0 saturated heterocycles. The molecule has 0 unspecified atom stereocenters. The monoisotopic (exact) mass is 397 g/mol. The quantitative estimate of drug-likeness (QED) is 0.437. The number of aromatic nitrogens is 2. The molecular formula is C25H23N3O2. The maximum Gasteiger partial charge on any atom is 0.341 e. The Labute approximate surface area is 175 Å². The zero-order chi connectivity index (χ0) is 20.5. The van der Waals surface area contributed by atoms with Crippen molar-refractivity contribution in [3.05, 3.63) is 89.7 Å². The second-order valence-electron chi connectivity index (χ2n) is 7.72. The first-order valence-corrected chi connectivity index (χ1v) is 10.2. The van der Waals surface area contributed by atoms with Crippen molar-refractivity contribution in [3.63, 3.8) is 0 Å². The van der Waals surface area contributed by atoms with Crippen LogP contribution in [0.3, 0.4) is 0 Å². The average Bonchev–Trinajstić information content (AvgIpc) is 3.56. The van der Waals surface area contributed by atoms with Crippen LogP contribution in [-0.4, -0.2) is 22.6 Å². The lowest BCUT2D eigenvalue weighted by Gasteiger charge is -2.13. The van der Waals surface area contributed by atoms with Crippen molar-refractivity contribution in [1.29, 1.82) is 0 Å². The summed E-state index contributed by atoms with van der Waals surface area (Å²) in [6, 6.07) is 20.5. The van der Waals surface area contributed by atoms with Crippen molar-refractivity contribution >= 4 is 28.4 Å². The molecule has 1 N–H and O–H groups in total. The molecule has 0 amide bonds. The normalized spacial score (nSPS) is 13.4. The van der Waals surface area contributed by atoms with Gasteiger partial charge in [0.05, 0.1) is 12.6 Å². The molecule has 1 fully saturated rings. The highest BCUT2D eigenvalue weighted by Crippen LogP contribution is 2.41. The number of methoxy groups -OCH3 is 1. The molecule has 0 atom stereocenters. The molecule has 5 heteroatoms. The largest absolute Gasteiger partial charge is 0.465 e. The Kier molecular flexibility index (Phi) is 4.71. The fraction of sp³-hybridized carbons (Fsp3) is 0.200. The molecule has 5 nitrogen and oxygen atoms in total. The van der Waals surface area contributed by atoms with Crippen LogP contribution in [0.5, 0.6) is 0 Å². The van der Waals surface area contributed by atoms with Gasteiger partial charge in [-0.05, 0) is 54.2 Å². The van der Waals surface area contributed by atoms with Gasteiger partial charge in [0, 0.05) is 30.0 Å². The number of esters is 1. The highest BCUT2D eigenvalue weighted by molar-refractivity contribution is 5.99. The van der Waals surface area contributed by atoms with E-state index in [4.69, 9.17) is 4.74 Å². The van der Waals surface area contributed by atoms with E-state index in [1.54, 1.807) is 0 Å². The van der Waals surface area contributed by atoms with E-state index >= 15 is 0 Å². The molecule has 0 spiro atoms. The molecule has 1 aliphatic carbocycles. The van der Waals surface area contributed by atoms with Gasteiger partial charge in [-0.1, -0.05) is 36.4 Å². The van der Waals surface area contributed by atoms with Crippen LogP contribution in [0, 0.1) is 0 Å².